The van der Waals surface area contributed by atoms with E-state index in [9.17, 15) is 36.9 Å². The topological polar surface area (TPSA) is 66.0 Å². The molecule has 1 atom stereocenters. The first-order valence-electron chi connectivity index (χ1n) is 15.6. The van der Waals surface area contributed by atoms with Crippen molar-refractivity contribution in [3.63, 3.8) is 0 Å². The lowest BCUT2D eigenvalue weighted by Crippen LogP contribution is -2.54. The summed E-state index contributed by atoms with van der Waals surface area (Å²) in [7, 11) is 0. The average molecular weight is 734 g/mol. The standard InChI is InChI=1S/C38H32Cl2F6N2O2/c1-5-34(4,30-10-8-12-32(39)28(30)22-47)50-27-20-16-25(17-21-27)36(37(41,42)43,38(44,45)46)24-14-18-26(19-15-24)49-33-13-9-11-31(29(33)23-48)35(40,6-2)7-3/h8-21H,5-7H2,1-4H3. The predicted octanol–water partition coefficient (Wildman–Crippen LogP) is 12.2. The highest BCUT2D eigenvalue weighted by molar-refractivity contribution is 6.31. The van der Waals surface area contributed by atoms with Crippen LogP contribution in [-0.2, 0) is 15.9 Å². The Labute approximate surface area is 296 Å². The summed E-state index contributed by atoms with van der Waals surface area (Å²) in [5, 5.41) is 19.7. The zero-order valence-electron chi connectivity index (χ0n) is 27.4. The summed E-state index contributed by atoms with van der Waals surface area (Å²) in [6.45, 7) is 7.10. The number of benzene rings is 4. The minimum Gasteiger partial charge on any atom is -0.483 e. The maximum atomic E-state index is 14.9. The molecule has 4 rings (SSSR count). The zero-order chi connectivity index (χ0) is 37.1. The molecule has 262 valence electrons. The molecule has 0 aliphatic rings. The fourth-order valence-corrected chi connectivity index (χ4v) is 6.42. The normalized spacial score (nSPS) is 13.6. The van der Waals surface area contributed by atoms with Crippen molar-refractivity contribution in [2.45, 2.75) is 75.2 Å². The molecule has 0 saturated carbocycles. The van der Waals surface area contributed by atoms with Crippen LogP contribution in [0, 0.1) is 22.7 Å². The van der Waals surface area contributed by atoms with E-state index in [0.717, 1.165) is 36.4 Å². The molecule has 4 aromatic rings. The van der Waals surface area contributed by atoms with Gasteiger partial charge in [0.15, 0.2) is 0 Å². The van der Waals surface area contributed by atoms with E-state index in [1.807, 2.05) is 19.9 Å². The van der Waals surface area contributed by atoms with E-state index in [0.29, 0.717) is 36.1 Å². The summed E-state index contributed by atoms with van der Waals surface area (Å²) in [6.07, 6.45) is -10.4. The fraction of sp³-hybridized carbons (Fsp3) is 0.316. The van der Waals surface area contributed by atoms with Crippen LogP contribution >= 0.6 is 23.2 Å². The van der Waals surface area contributed by atoms with Crippen LogP contribution in [0.3, 0.4) is 0 Å². The van der Waals surface area contributed by atoms with Crippen LogP contribution in [0.25, 0.3) is 0 Å². The molecule has 4 nitrogen and oxygen atoms in total. The summed E-state index contributed by atoms with van der Waals surface area (Å²) >= 11 is 12.9. The Kier molecular flexibility index (Phi) is 11.1. The molecule has 0 radical (unpaired) electrons. The van der Waals surface area contributed by atoms with Gasteiger partial charge in [-0.2, -0.15) is 36.9 Å². The molecule has 0 spiro atoms. The molecule has 0 aliphatic carbocycles. The van der Waals surface area contributed by atoms with E-state index < -0.39 is 39.4 Å². The second kappa shape index (κ2) is 14.5. The Morgan fingerprint density at radius 2 is 1.12 bits per heavy atom. The van der Waals surface area contributed by atoms with Gasteiger partial charge in [-0.1, -0.05) is 80.9 Å². The van der Waals surface area contributed by atoms with E-state index in [-0.39, 0.29) is 39.8 Å². The van der Waals surface area contributed by atoms with Crippen molar-refractivity contribution in [3.8, 4) is 29.4 Å². The van der Waals surface area contributed by atoms with Crippen LogP contribution < -0.4 is 9.47 Å². The lowest BCUT2D eigenvalue weighted by atomic mass is 9.73. The van der Waals surface area contributed by atoms with Gasteiger partial charge in [0.05, 0.1) is 21.0 Å². The van der Waals surface area contributed by atoms with Gasteiger partial charge in [-0.3, -0.25) is 0 Å². The maximum Gasteiger partial charge on any atom is 0.411 e. The molecule has 0 bridgehead atoms. The highest BCUT2D eigenvalue weighted by Gasteiger charge is 2.72. The Hall–Kier alpha value is -4.38. The number of nitrogens with zero attached hydrogens (tertiary/aromatic N) is 2. The molecule has 0 amide bonds. The Bertz CT molecular complexity index is 1890. The van der Waals surface area contributed by atoms with Crippen LogP contribution in [0.4, 0.5) is 26.3 Å². The number of ether oxygens (including phenoxy) is 2. The van der Waals surface area contributed by atoms with Gasteiger partial charge in [-0.05, 0) is 79.3 Å². The summed E-state index contributed by atoms with van der Waals surface area (Å²) in [5.74, 6) is -0.0577. The van der Waals surface area contributed by atoms with Gasteiger partial charge in [0, 0.05) is 5.56 Å². The van der Waals surface area contributed by atoms with Crippen LogP contribution in [0.15, 0.2) is 84.9 Å². The van der Waals surface area contributed by atoms with Gasteiger partial charge in [0.25, 0.3) is 0 Å². The third-order valence-electron chi connectivity index (χ3n) is 9.11. The highest BCUT2D eigenvalue weighted by atomic mass is 35.5. The molecule has 0 N–H and O–H groups in total. The Balaban J connectivity index is 1.76. The molecule has 0 heterocycles. The number of hydrogen-bond donors (Lipinski definition) is 0. The van der Waals surface area contributed by atoms with E-state index in [2.05, 4.69) is 6.07 Å². The van der Waals surface area contributed by atoms with Gasteiger partial charge in [0.1, 0.15) is 35.0 Å². The fourth-order valence-electron chi connectivity index (χ4n) is 6.05. The number of alkyl halides is 7. The van der Waals surface area contributed by atoms with Crippen molar-refractivity contribution in [2.24, 2.45) is 0 Å². The lowest BCUT2D eigenvalue weighted by Gasteiger charge is -2.38. The van der Waals surface area contributed by atoms with Crippen LogP contribution in [-0.4, -0.2) is 12.4 Å². The predicted molar refractivity (Wildman–Crippen MR) is 180 cm³/mol. The minimum atomic E-state index is -5.83. The van der Waals surface area contributed by atoms with Crippen LogP contribution in [0.1, 0.15) is 80.3 Å². The molecule has 50 heavy (non-hydrogen) atoms. The molecule has 1 unspecified atom stereocenters. The van der Waals surface area contributed by atoms with E-state index >= 15 is 0 Å². The van der Waals surface area contributed by atoms with Gasteiger partial charge in [-0.25, -0.2) is 0 Å². The van der Waals surface area contributed by atoms with E-state index in [4.69, 9.17) is 32.7 Å². The van der Waals surface area contributed by atoms with Gasteiger partial charge in [-0.15, -0.1) is 11.6 Å². The smallest absolute Gasteiger partial charge is 0.411 e. The van der Waals surface area contributed by atoms with Gasteiger partial charge < -0.3 is 9.47 Å². The third kappa shape index (κ3) is 6.84. The molecule has 0 aromatic heterocycles. The van der Waals surface area contributed by atoms with Crippen molar-refractivity contribution in [3.05, 3.63) is 123 Å². The third-order valence-corrected chi connectivity index (χ3v) is 10.2. The molecular weight excluding hydrogens is 701 g/mol. The molecule has 0 saturated heterocycles. The quantitative estimate of drug-likeness (QED) is 0.114. The molecule has 4 aromatic carbocycles. The van der Waals surface area contributed by atoms with Crippen LogP contribution in [0.2, 0.25) is 5.02 Å². The second-order valence-corrected chi connectivity index (χ2v) is 13.0. The summed E-state index contributed by atoms with van der Waals surface area (Å²) in [6, 6.07) is 20.5. The number of rotatable bonds is 11. The van der Waals surface area contributed by atoms with Crippen molar-refractivity contribution < 1.29 is 35.8 Å². The SMILES string of the molecule is CCC(Cl)(CC)c1cccc(Oc2ccc(C(c3ccc(OC(C)(CC)c4cccc(Cl)c4C#N)cc3)(C(F)(F)F)C(F)(F)F)cc2)c1C#N. The zero-order valence-corrected chi connectivity index (χ0v) is 29.0. The largest absolute Gasteiger partial charge is 0.483 e. The van der Waals surface area contributed by atoms with Crippen molar-refractivity contribution in [1.82, 2.24) is 0 Å². The van der Waals surface area contributed by atoms with E-state index in [1.165, 1.54) is 12.1 Å². The second-order valence-electron chi connectivity index (χ2n) is 11.8. The number of nitriles is 2. The molecule has 0 fully saturated rings. The van der Waals surface area contributed by atoms with Crippen molar-refractivity contribution in [2.75, 3.05) is 0 Å². The molecule has 12 heteroatoms. The monoisotopic (exact) mass is 732 g/mol. The first kappa shape index (κ1) is 38.4. The summed E-state index contributed by atoms with van der Waals surface area (Å²) < 4.78 is 101. The molecule has 0 aliphatic heterocycles. The van der Waals surface area contributed by atoms with Crippen molar-refractivity contribution >= 4 is 23.2 Å². The van der Waals surface area contributed by atoms with E-state index in [1.54, 1.807) is 38.1 Å². The van der Waals surface area contributed by atoms with Crippen molar-refractivity contribution in [1.29, 1.82) is 10.5 Å². The first-order valence-corrected chi connectivity index (χ1v) is 16.3. The minimum absolute atomic E-state index is 0.0217. The average Bonchev–Trinajstić information content (AvgIpc) is 3.08. The summed E-state index contributed by atoms with van der Waals surface area (Å²) in [4.78, 5) is -0.877. The molecular formula is C38H32Cl2F6N2O2. The van der Waals surface area contributed by atoms with Gasteiger partial charge in [0.2, 0.25) is 5.41 Å². The summed E-state index contributed by atoms with van der Waals surface area (Å²) in [5.41, 5.74) is -6.65. The van der Waals surface area contributed by atoms with Gasteiger partial charge >= 0.3 is 12.4 Å². The number of halogens is 8. The highest BCUT2D eigenvalue weighted by Crippen LogP contribution is 2.56. The first-order chi connectivity index (χ1) is 23.5. The maximum absolute atomic E-state index is 14.9. The van der Waals surface area contributed by atoms with Crippen LogP contribution in [0.5, 0.6) is 17.2 Å². The Morgan fingerprint density at radius 1 is 0.640 bits per heavy atom. The Morgan fingerprint density at radius 3 is 1.58 bits per heavy atom. The number of hydrogen-bond acceptors (Lipinski definition) is 4. The lowest BCUT2D eigenvalue weighted by molar-refractivity contribution is -0.288.